The van der Waals surface area contributed by atoms with Crippen LogP contribution in [0.25, 0.3) is 0 Å². The molecule has 0 aliphatic heterocycles. The van der Waals surface area contributed by atoms with E-state index in [1.807, 2.05) is 6.92 Å². The molecule has 0 aromatic carbocycles. The zero-order chi connectivity index (χ0) is 8.48. The van der Waals surface area contributed by atoms with E-state index in [-0.39, 0.29) is 4.34 Å². The van der Waals surface area contributed by atoms with Crippen molar-refractivity contribution in [2.45, 2.75) is 17.7 Å². The van der Waals surface area contributed by atoms with Crippen LogP contribution in [0.4, 0.5) is 0 Å². The van der Waals surface area contributed by atoms with Gasteiger partial charge in [-0.1, -0.05) is 6.92 Å². The van der Waals surface area contributed by atoms with Crippen molar-refractivity contribution in [2.75, 3.05) is 0 Å². The maximum Gasteiger partial charge on any atom is 0.289 e. The van der Waals surface area contributed by atoms with Crippen LogP contribution in [0.2, 0.25) is 0 Å². The van der Waals surface area contributed by atoms with E-state index in [0.29, 0.717) is 12.2 Å². The Labute approximate surface area is 72.8 Å². The molecule has 0 amide bonds. The fraction of sp³-hybridized carbons (Fsp3) is 0.500. The highest BCUT2D eigenvalue weighted by Gasteiger charge is 2.15. The highest BCUT2D eigenvalue weighted by Crippen LogP contribution is 2.16. The molecular formula is C4H5ClN2O2S2. The van der Waals surface area contributed by atoms with Gasteiger partial charge < -0.3 is 0 Å². The predicted octanol–water partition coefficient (Wildman–Crippen LogP) is 1.03. The van der Waals surface area contributed by atoms with Gasteiger partial charge in [0.1, 0.15) is 5.82 Å². The number of hydrogen-bond donors (Lipinski definition) is 0. The zero-order valence-electron chi connectivity index (χ0n) is 5.61. The van der Waals surface area contributed by atoms with E-state index in [4.69, 9.17) is 10.7 Å². The smallest absolute Gasteiger partial charge is 0.207 e. The highest BCUT2D eigenvalue weighted by atomic mass is 35.7. The molecule has 0 aliphatic rings. The SMILES string of the molecule is CCc1nsc(S(=O)(=O)Cl)n1. The van der Waals surface area contributed by atoms with E-state index < -0.39 is 9.05 Å². The predicted molar refractivity (Wildman–Crippen MR) is 42.3 cm³/mol. The minimum absolute atomic E-state index is 0.129. The summed E-state index contributed by atoms with van der Waals surface area (Å²) in [6.07, 6.45) is 0.614. The molecule has 1 rings (SSSR count). The molecule has 0 fully saturated rings. The minimum Gasteiger partial charge on any atom is -0.207 e. The van der Waals surface area contributed by atoms with Gasteiger partial charge >= 0.3 is 0 Å². The summed E-state index contributed by atoms with van der Waals surface area (Å²) >= 11 is 0.800. The molecule has 1 aromatic heterocycles. The molecule has 0 saturated heterocycles. The molecule has 0 radical (unpaired) electrons. The van der Waals surface area contributed by atoms with Crippen molar-refractivity contribution in [3.8, 4) is 0 Å². The van der Waals surface area contributed by atoms with Crippen LogP contribution in [0.5, 0.6) is 0 Å². The summed E-state index contributed by atoms with van der Waals surface area (Å²) in [7, 11) is 1.33. The molecule has 0 bridgehead atoms. The maximum atomic E-state index is 10.6. The van der Waals surface area contributed by atoms with Crippen LogP contribution >= 0.6 is 22.2 Å². The quantitative estimate of drug-likeness (QED) is 0.687. The standard InChI is InChI=1S/C4H5ClN2O2S2/c1-2-3-6-4(10-7-3)11(5,8)9/h2H2,1H3. The first-order valence-electron chi connectivity index (χ1n) is 2.81. The minimum atomic E-state index is -3.67. The Hall–Kier alpha value is -0.200. The molecular weight excluding hydrogens is 208 g/mol. The van der Waals surface area contributed by atoms with Gasteiger partial charge in [0.05, 0.1) is 0 Å². The molecule has 1 aromatic rings. The van der Waals surface area contributed by atoms with Gasteiger partial charge in [-0.05, 0) is 11.5 Å². The third-order valence-corrected chi connectivity index (χ3v) is 3.63. The van der Waals surface area contributed by atoms with E-state index >= 15 is 0 Å². The maximum absolute atomic E-state index is 10.6. The van der Waals surface area contributed by atoms with E-state index in [0.717, 1.165) is 11.5 Å². The first-order chi connectivity index (χ1) is 5.04. The van der Waals surface area contributed by atoms with Crippen LogP contribution < -0.4 is 0 Å². The Morgan fingerprint density at radius 2 is 2.27 bits per heavy atom. The summed E-state index contributed by atoms with van der Waals surface area (Å²) in [5.41, 5.74) is 0. The molecule has 0 spiro atoms. The summed E-state index contributed by atoms with van der Waals surface area (Å²) in [4.78, 5) is 3.69. The number of nitrogens with zero attached hydrogens (tertiary/aromatic N) is 2. The van der Waals surface area contributed by atoms with Crippen molar-refractivity contribution >= 4 is 31.3 Å². The molecule has 62 valence electrons. The van der Waals surface area contributed by atoms with Crippen LogP contribution in [0, 0.1) is 0 Å². The Morgan fingerprint density at radius 3 is 2.55 bits per heavy atom. The Bertz CT molecular complexity index is 345. The van der Waals surface area contributed by atoms with Gasteiger partial charge in [-0.3, -0.25) is 0 Å². The van der Waals surface area contributed by atoms with Gasteiger partial charge in [0.2, 0.25) is 4.34 Å². The molecule has 0 N–H and O–H groups in total. The first kappa shape index (κ1) is 8.89. The molecule has 0 atom stereocenters. The van der Waals surface area contributed by atoms with Crippen molar-refractivity contribution in [2.24, 2.45) is 0 Å². The Morgan fingerprint density at radius 1 is 1.64 bits per heavy atom. The van der Waals surface area contributed by atoms with Crippen LogP contribution in [-0.2, 0) is 15.5 Å². The van der Waals surface area contributed by atoms with E-state index in [1.165, 1.54) is 0 Å². The third kappa shape index (κ3) is 2.11. The van der Waals surface area contributed by atoms with Gasteiger partial charge in [0.25, 0.3) is 9.05 Å². The van der Waals surface area contributed by atoms with Gasteiger partial charge in [-0.25, -0.2) is 13.4 Å². The topological polar surface area (TPSA) is 59.9 Å². The van der Waals surface area contributed by atoms with Gasteiger partial charge in [-0.2, -0.15) is 4.37 Å². The van der Waals surface area contributed by atoms with E-state index in [9.17, 15) is 8.42 Å². The monoisotopic (exact) mass is 212 g/mol. The lowest BCUT2D eigenvalue weighted by Gasteiger charge is -1.82. The summed E-state index contributed by atoms with van der Waals surface area (Å²) in [5.74, 6) is 0.509. The third-order valence-electron chi connectivity index (χ3n) is 0.974. The molecule has 0 unspecified atom stereocenters. The first-order valence-corrected chi connectivity index (χ1v) is 5.89. The Balaban J connectivity index is 3.09. The van der Waals surface area contributed by atoms with Crippen molar-refractivity contribution in [3.63, 3.8) is 0 Å². The van der Waals surface area contributed by atoms with Gasteiger partial charge in [-0.15, -0.1) is 0 Å². The summed E-state index contributed by atoms with van der Waals surface area (Å²) < 4.78 is 24.9. The average Bonchev–Trinajstić information content (AvgIpc) is 2.32. The van der Waals surface area contributed by atoms with E-state index in [1.54, 1.807) is 0 Å². The average molecular weight is 213 g/mol. The summed E-state index contributed by atoms with van der Waals surface area (Å²) in [6, 6.07) is 0. The van der Waals surface area contributed by atoms with Crippen LogP contribution in [0.1, 0.15) is 12.7 Å². The molecule has 7 heteroatoms. The van der Waals surface area contributed by atoms with E-state index in [2.05, 4.69) is 9.36 Å². The largest absolute Gasteiger partial charge is 0.289 e. The lowest BCUT2D eigenvalue weighted by atomic mass is 10.5. The molecule has 1 heterocycles. The number of aryl methyl sites for hydroxylation is 1. The molecule has 11 heavy (non-hydrogen) atoms. The lowest BCUT2D eigenvalue weighted by molar-refractivity contribution is 0.608. The normalized spacial score (nSPS) is 11.8. The summed E-state index contributed by atoms with van der Waals surface area (Å²) in [5, 5.41) is 0. The molecule has 0 aliphatic carbocycles. The molecule has 0 saturated carbocycles. The fourth-order valence-electron chi connectivity index (χ4n) is 0.481. The Kier molecular flexibility index (Phi) is 2.46. The number of hydrogen-bond acceptors (Lipinski definition) is 5. The van der Waals surface area contributed by atoms with Crippen molar-refractivity contribution in [1.29, 1.82) is 0 Å². The van der Waals surface area contributed by atoms with Gasteiger partial charge in [0, 0.05) is 17.1 Å². The van der Waals surface area contributed by atoms with Crippen LogP contribution in [-0.4, -0.2) is 17.8 Å². The van der Waals surface area contributed by atoms with Crippen molar-refractivity contribution in [3.05, 3.63) is 5.82 Å². The second-order valence-electron chi connectivity index (χ2n) is 1.77. The molecule has 4 nitrogen and oxygen atoms in total. The van der Waals surface area contributed by atoms with Crippen molar-refractivity contribution < 1.29 is 8.42 Å². The van der Waals surface area contributed by atoms with Crippen LogP contribution in [0.15, 0.2) is 4.34 Å². The lowest BCUT2D eigenvalue weighted by Crippen LogP contribution is -1.89. The second kappa shape index (κ2) is 3.04. The van der Waals surface area contributed by atoms with Gasteiger partial charge in [0.15, 0.2) is 0 Å². The number of rotatable bonds is 2. The van der Waals surface area contributed by atoms with Crippen LogP contribution in [0.3, 0.4) is 0 Å². The number of aromatic nitrogens is 2. The highest BCUT2D eigenvalue weighted by molar-refractivity contribution is 8.14. The summed E-state index contributed by atoms with van der Waals surface area (Å²) in [6.45, 7) is 1.84. The van der Waals surface area contributed by atoms with Crippen molar-refractivity contribution in [1.82, 2.24) is 9.36 Å². The number of halogens is 1. The zero-order valence-corrected chi connectivity index (χ0v) is 8.00. The fourth-order valence-corrected chi connectivity index (χ4v) is 2.02. The second-order valence-corrected chi connectivity index (χ2v) is 5.26.